The lowest BCUT2D eigenvalue weighted by molar-refractivity contribution is -0.384. The molecule has 1 aliphatic heterocycles. The van der Waals surface area contributed by atoms with Crippen LogP contribution < -0.4 is 16.7 Å². The number of pyridine rings is 1. The number of nitrogens with two attached hydrogens (primary N) is 1. The number of hydrogen-bond acceptors (Lipinski definition) is 7. The van der Waals surface area contributed by atoms with E-state index in [1.807, 2.05) is 5.01 Å². The van der Waals surface area contributed by atoms with Crippen molar-refractivity contribution < 1.29 is 4.92 Å². The van der Waals surface area contributed by atoms with Crippen LogP contribution in [-0.4, -0.2) is 28.0 Å². The summed E-state index contributed by atoms with van der Waals surface area (Å²) in [6.45, 7) is 1.72. The molecule has 1 aromatic heterocycles. The van der Waals surface area contributed by atoms with Gasteiger partial charge in [-0.15, -0.1) is 0 Å². The maximum absolute atomic E-state index is 10.9. The molecule has 1 saturated heterocycles. The van der Waals surface area contributed by atoms with Crippen molar-refractivity contribution in [3.05, 3.63) is 22.2 Å². The summed E-state index contributed by atoms with van der Waals surface area (Å²) in [5.41, 5.74) is 5.31. The van der Waals surface area contributed by atoms with Gasteiger partial charge in [0.1, 0.15) is 5.82 Å². The largest absolute Gasteiger partial charge is 0.312 e. The molecule has 0 radical (unpaired) electrons. The van der Waals surface area contributed by atoms with E-state index in [0.717, 1.165) is 25.9 Å². The third-order valence-electron chi connectivity index (χ3n) is 2.84. The molecule has 1 fully saturated rings. The second-order valence-corrected chi connectivity index (χ2v) is 4.13. The quantitative estimate of drug-likeness (QED) is 0.418. The van der Waals surface area contributed by atoms with Crippen molar-refractivity contribution in [3.63, 3.8) is 0 Å². The lowest BCUT2D eigenvalue weighted by Crippen LogP contribution is -2.35. The van der Waals surface area contributed by atoms with Crippen molar-refractivity contribution >= 4 is 17.3 Å². The number of hydrazine groups is 2. The summed E-state index contributed by atoms with van der Waals surface area (Å²) in [6, 6.07) is 2.86. The van der Waals surface area contributed by atoms with Gasteiger partial charge in [0.15, 0.2) is 0 Å². The van der Waals surface area contributed by atoms with Gasteiger partial charge in [-0.1, -0.05) is 6.42 Å². The maximum Gasteiger partial charge on any atom is 0.312 e. The van der Waals surface area contributed by atoms with Gasteiger partial charge < -0.3 is 5.43 Å². The first-order valence-electron chi connectivity index (χ1n) is 5.84. The molecule has 2 rings (SSSR count). The van der Waals surface area contributed by atoms with Gasteiger partial charge in [0.25, 0.3) is 0 Å². The minimum Gasteiger partial charge on any atom is -0.308 e. The Labute approximate surface area is 104 Å². The minimum atomic E-state index is -0.459. The number of rotatable bonds is 4. The van der Waals surface area contributed by atoms with Crippen molar-refractivity contribution in [2.75, 3.05) is 23.9 Å². The summed E-state index contributed by atoms with van der Waals surface area (Å²) >= 11 is 0. The van der Waals surface area contributed by atoms with Crippen molar-refractivity contribution in [3.8, 4) is 0 Å². The van der Waals surface area contributed by atoms with E-state index in [1.165, 1.54) is 18.6 Å². The Bertz CT molecular complexity index is 432. The van der Waals surface area contributed by atoms with Gasteiger partial charge in [0, 0.05) is 19.2 Å². The average Bonchev–Trinajstić information content (AvgIpc) is 2.39. The predicted octanol–water partition coefficient (Wildman–Crippen LogP) is 1.09. The fraction of sp³-hybridized carbons (Fsp3) is 0.500. The molecule has 98 valence electrons. The van der Waals surface area contributed by atoms with E-state index in [2.05, 4.69) is 15.8 Å². The molecule has 4 N–H and O–H groups in total. The van der Waals surface area contributed by atoms with E-state index >= 15 is 0 Å². The third kappa shape index (κ3) is 2.84. The van der Waals surface area contributed by atoms with Crippen molar-refractivity contribution in [1.82, 2.24) is 9.99 Å². The van der Waals surface area contributed by atoms with E-state index in [0.29, 0.717) is 5.82 Å². The highest BCUT2D eigenvalue weighted by molar-refractivity contribution is 5.59. The molecule has 1 aromatic rings. The Morgan fingerprint density at radius 1 is 1.33 bits per heavy atom. The molecule has 0 amide bonds. The van der Waals surface area contributed by atoms with Gasteiger partial charge in [-0.3, -0.25) is 15.5 Å². The number of aromatic nitrogens is 1. The smallest absolute Gasteiger partial charge is 0.308 e. The normalized spacial score (nSPS) is 16.3. The van der Waals surface area contributed by atoms with E-state index in [9.17, 15) is 10.1 Å². The van der Waals surface area contributed by atoms with Crippen LogP contribution >= 0.6 is 0 Å². The SMILES string of the molecule is NNc1ccc([N+](=O)[O-])c(NN2CCCCC2)n1. The van der Waals surface area contributed by atoms with Crippen LogP contribution in [0.15, 0.2) is 12.1 Å². The Hall–Kier alpha value is -1.93. The number of nitrogens with one attached hydrogen (secondary N) is 2. The molecule has 2 heterocycles. The summed E-state index contributed by atoms with van der Waals surface area (Å²) in [7, 11) is 0. The Morgan fingerprint density at radius 2 is 2.06 bits per heavy atom. The Kier molecular flexibility index (Phi) is 3.90. The van der Waals surface area contributed by atoms with Gasteiger partial charge in [-0.2, -0.15) is 0 Å². The fourth-order valence-electron chi connectivity index (χ4n) is 1.92. The van der Waals surface area contributed by atoms with E-state index < -0.39 is 4.92 Å². The van der Waals surface area contributed by atoms with Crippen molar-refractivity contribution in [1.29, 1.82) is 0 Å². The number of piperidine rings is 1. The van der Waals surface area contributed by atoms with Crippen LogP contribution in [0.2, 0.25) is 0 Å². The minimum absolute atomic E-state index is 0.0560. The average molecular weight is 252 g/mol. The molecule has 0 atom stereocenters. The van der Waals surface area contributed by atoms with Gasteiger partial charge in [-0.05, 0) is 18.9 Å². The lowest BCUT2D eigenvalue weighted by Gasteiger charge is -2.27. The molecular weight excluding hydrogens is 236 g/mol. The maximum atomic E-state index is 10.9. The zero-order valence-electron chi connectivity index (χ0n) is 9.93. The first-order chi connectivity index (χ1) is 8.70. The summed E-state index contributed by atoms with van der Waals surface area (Å²) < 4.78 is 0. The number of nitrogen functional groups attached to an aromatic ring is 1. The Morgan fingerprint density at radius 3 is 2.67 bits per heavy atom. The fourth-order valence-corrected chi connectivity index (χ4v) is 1.92. The molecule has 18 heavy (non-hydrogen) atoms. The van der Waals surface area contributed by atoms with Crippen molar-refractivity contribution in [2.24, 2.45) is 5.84 Å². The number of nitro groups is 1. The monoisotopic (exact) mass is 252 g/mol. The van der Waals surface area contributed by atoms with E-state index in [4.69, 9.17) is 5.84 Å². The predicted molar refractivity (Wildman–Crippen MR) is 67.7 cm³/mol. The highest BCUT2D eigenvalue weighted by atomic mass is 16.6. The van der Waals surface area contributed by atoms with Gasteiger partial charge >= 0.3 is 5.69 Å². The second-order valence-electron chi connectivity index (χ2n) is 4.13. The molecular formula is C10H16N6O2. The number of anilines is 2. The molecule has 8 heteroatoms. The molecule has 0 saturated carbocycles. The third-order valence-corrected chi connectivity index (χ3v) is 2.84. The van der Waals surface area contributed by atoms with Crippen LogP contribution in [0.5, 0.6) is 0 Å². The first-order valence-corrected chi connectivity index (χ1v) is 5.84. The van der Waals surface area contributed by atoms with E-state index in [1.54, 1.807) is 0 Å². The second kappa shape index (κ2) is 5.61. The summed E-state index contributed by atoms with van der Waals surface area (Å²) in [4.78, 5) is 14.5. The molecule has 8 nitrogen and oxygen atoms in total. The molecule has 0 bridgehead atoms. The zero-order chi connectivity index (χ0) is 13.0. The van der Waals surface area contributed by atoms with Crippen LogP contribution in [-0.2, 0) is 0 Å². The highest BCUT2D eigenvalue weighted by Gasteiger charge is 2.19. The van der Waals surface area contributed by atoms with Crippen molar-refractivity contribution in [2.45, 2.75) is 19.3 Å². The molecule has 0 aromatic carbocycles. The highest BCUT2D eigenvalue weighted by Crippen LogP contribution is 2.24. The van der Waals surface area contributed by atoms with Crippen LogP contribution in [0.4, 0.5) is 17.3 Å². The van der Waals surface area contributed by atoms with Crippen LogP contribution in [0.1, 0.15) is 19.3 Å². The van der Waals surface area contributed by atoms with E-state index in [-0.39, 0.29) is 11.5 Å². The lowest BCUT2D eigenvalue weighted by atomic mass is 10.2. The number of nitrogens with zero attached hydrogens (tertiary/aromatic N) is 3. The van der Waals surface area contributed by atoms with Gasteiger partial charge in [-0.25, -0.2) is 15.8 Å². The Balaban J connectivity index is 2.19. The summed E-state index contributed by atoms with van der Waals surface area (Å²) in [5.74, 6) is 5.86. The van der Waals surface area contributed by atoms with Crippen LogP contribution in [0.25, 0.3) is 0 Å². The summed E-state index contributed by atoms with van der Waals surface area (Å²) in [6.07, 6.45) is 3.35. The van der Waals surface area contributed by atoms with Crippen LogP contribution in [0.3, 0.4) is 0 Å². The molecule has 0 aliphatic carbocycles. The van der Waals surface area contributed by atoms with Crippen LogP contribution in [0, 0.1) is 10.1 Å². The molecule has 1 aliphatic rings. The first kappa shape index (κ1) is 12.5. The number of hydrogen-bond donors (Lipinski definition) is 3. The topological polar surface area (TPSA) is 109 Å². The van der Waals surface area contributed by atoms with Gasteiger partial charge in [0.2, 0.25) is 5.82 Å². The molecule has 0 unspecified atom stereocenters. The molecule has 0 spiro atoms. The summed E-state index contributed by atoms with van der Waals surface area (Å²) in [5, 5.41) is 12.9. The standard InChI is InChI=1S/C10H16N6O2/c11-13-9-5-4-8(16(17)18)10(12-9)14-15-6-2-1-3-7-15/h4-5H,1-3,6-7,11H2,(H2,12,13,14). The van der Waals surface area contributed by atoms with Gasteiger partial charge in [0.05, 0.1) is 4.92 Å². The zero-order valence-corrected chi connectivity index (χ0v) is 9.93.